The van der Waals surface area contributed by atoms with E-state index in [9.17, 15) is 0 Å². The molecule has 0 saturated heterocycles. The Morgan fingerprint density at radius 1 is 0.654 bits per heavy atom. The van der Waals surface area contributed by atoms with Gasteiger partial charge in [0.15, 0.2) is 5.58 Å². The van der Waals surface area contributed by atoms with Crippen LogP contribution in [0.2, 0.25) is 0 Å². The Morgan fingerprint density at radius 2 is 1.31 bits per heavy atom. The molecule has 5 rings (SSSR count). The highest BCUT2D eigenvalue weighted by Gasteiger charge is 2.15. The van der Waals surface area contributed by atoms with Gasteiger partial charge in [0.1, 0.15) is 22.6 Å². The maximum atomic E-state index is 6.08. The van der Waals surface area contributed by atoms with E-state index in [4.69, 9.17) is 4.42 Å². The van der Waals surface area contributed by atoms with E-state index < -0.39 is 0 Å². The monoisotopic (exact) mass is 336 g/mol. The van der Waals surface area contributed by atoms with E-state index in [1.807, 2.05) is 37.3 Å². The quantitative estimate of drug-likeness (QED) is 0.396. The van der Waals surface area contributed by atoms with Gasteiger partial charge in [-0.15, -0.1) is 0 Å². The van der Waals surface area contributed by atoms with Crippen LogP contribution in [0.5, 0.6) is 0 Å². The van der Waals surface area contributed by atoms with E-state index in [-0.39, 0.29) is 0 Å². The van der Waals surface area contributed by atoms with Crippen molar-refractivity contribution in [2.45, 2.75) is 6.92 Å². The summed E-state index contributed by atoms with van der Waals surface area (Å²) in [4.78, 5) is 9.27. The third kappa shape index (κ3) is 2.37. The molecule has 2 aromatic heterocycles. The summed E-state index contributed by atoms with van der Waals surface area (Å²) in [5.74, 6) is 0.742. The van der Waals surface area contributed by atoms with Crippen LogP contribution in [0.3, 0.4) is 0 Å². The molecule has 3 heteroatoms. The van der Waals surface area contributed by atoms with Crippen LogP contribution in [0.15, 0.2) is 83.3 Å². The first kappa shape index (κ1) is 14.8. The number of hydrogen-bond donors (Lipinski definition) is 0. The fourth-order valence-corrected chi connectivity index (χ4v) is 3.35. The van der Waals surface area contributed by atoms with Gasteiger partial charge in [0.05, 0.1) is 0 Å². The Kier molecular flexibility index (Phi) is 3.32. The summed E-state index contributed by atoms with van der Waals surface area (Å²) in [6.45, 7) is 1.92. The molecule has 0 N–H and O–H groups in total. The van der Waals surface area contributed by atoms with Crippen molar-refractivity contribution in [1.29, 1.82) is 0 Å². The number of benzene rings is 3. The zero-order chi connectivity index (χ0) is 17.5. The topological polar surface area (TPSA) is 38.9 Å². The SMILES string of the molecule is Cc1nc(-c2ccc(-c3ccccc3)cc2)c2oc3ccccc3c2n1. The van der Waals surface area contributed by atoms with Crippen LogP contribution in [0.4, 0.5) is 0 Å². The summed E-state index contributed by atoms with van der Waals surface area (Å²) < 4.78 is 6.08. The van der Waals surface area contributed by atoms with E-state index in [1.165, 1.54) is 11.1 Å². The highest BCUT2D eigenvalue weighted by Crippen LogP contribution is 2.34. The molecule has 0 aliphatic carbocycles. The highest BCUT2D eigenvalue weighted by atomic mass is 16.3. The van der Waals surface area contributed by atoms with Crippen LogP contribution in [-0.2, 0) is 0 Å². The lowest BCUT2D eigenvalue weighted by molar-refractivity contribution is 0.666. The smallest absolute Gasteiger partial charge is 0.180 e. The summed E-state index contributed by atoms with van der Waals surface area (Å²) in [7, 11) is 0. The Balaban J connectivity index is 1.69. The first-order chi connectivity index (χ1) is 12.8. The molecule has 3 aromatic carbocycles. The molecule has 26 heavy (non-hydrogen) atoms. The summed E-state index contributed by atoms with van der Waals surface area (Å²) in [5.41, 5.74) is 6.69. The van der Waals surface area contributed by atoms with Gasteiger partial charge in [0, 0.05) is 10.9 Å². The van der Waals surface area contributed by atoms with E-state index in [2.05, 4.69) is 58.5 Å². The minimum absolute atomic E-state index is 0.740. The van der Waals surface area contributed by atoms with Crippen molar-refractivity contribution in [2.75, 3.05) is 0 Å². The predicted molar refractivity (Wildman–Crippen MR) is 105 cm³/mol. The molecule has 2 heterocycles. The van der Waals surface area contributed by atoms with Gasteiger partial charge in [-0.05, 0) is 30.2 Å². The molecule has 0 aliphatic heterocycles. The van der Waals surface area contributed by atoms with Crippen molar-refractivity contribution in [3.63, 3.8) is 0 Å². The average molecular weight is 336 g/mol. The van der Waals surface area contributed by atoms with Crippen molar-refractivity contribution in [3.05, 3.63) is 84.7 Å². The molecular weight excluding hydrogens is 320 g/mol. The van der Waals surface area contributed by atoms with Gasteiger partial charge >= 0.3 is 0 Å². The molecule has 0 saturated carbocycles. The maximum Gasteiger partial charge on any atom is 0.180 e. The lowest BCUT2D eigenvalue weighted by Gasteiger charge is -2.06. The zero-order valence-corrected chi connectivity index (χ0v) is 14.3. The maximum absolute atomic E-state index is 6.08. The van der Waals surface area contributed by atoms with Crippen molar-refractivity contribution in [2.24, 2.45) is 0 Å². The molecule has 5 aromatic rings. The number of rotatable bonds is 2. The van der Waals surface area contributed by atoms with Crippen LogP contribution < -0.4 is 0 Å². The molecule has 0 amide bonds. The Hall–Kier alpha value is -3.46. The number of para-hydroxylation sites is 1. The van der Waals surface area contributed by atoms with Crippen molar-refractivity contribution in [1.82, 2.24) is 9.97 Å². The fraction of sp³-hybridized carbons (Fsp3) is 0.0435. The molecule has 0 unspecified atom stereocenters. The molecule has 0 atom stereocenters. The minimum Gasteiger partial charge on any atom is -0.452 e. The van der Waals surface area contributed by atoms with Gasteiger partial charge in [-0.2, -0.15) is 0 Å². The largest absolute Gasteiger partial charge is 0.452 e. The lowest BCUT2D eigenvalue weighted by Crippen LogP contribution is -1.92. The van der Waals surface area contributed by atoms with E-state index in [0.717, 1.165) is 39.2 Å². The third-order valence-corrected chi connectivity index (χ3v) is 4.60. The Morgan fingerprint density at radius 3 is 2.12 bits per heavy atom. The van der Waals surface area contributed by atoms with E-state index in [0.29, 0.717) is 0 Å². The summed E-state index contributed by atoms with van der Waals surface area (Å²) in [5, 5.41) is 1.02. The number of furan rings is 1. The second-order valence-electron chi connectivity index (χ2n) is 6.34. The number of fused-ring (bicyclic) bond motifs is 3. The molecular formula is C23H16N2O. The van der Waals surface area contributed by atoms with Crippen LogP contribution >= 0.6 is 0 Å². The second-order valence-corrected chi connectivity index (χ2v) is 6.34. The zero-order valence-electron chi connectivity index (χ0n) is 14.3. The Bertz CT molecular complexity index is 1220. The van der Waals surface area contributed by atoms with Crippen molar-refractivity contribution < 1.29 is 4.42 Å². The van der Waals surface area contributed by atoms with Gasteiger partial charge in [-0.25, -0.2) is 9.97 Å². The number of hydrogen-bond acceptors (Lipinski definition) is 3. The molecule has 0 bridgehead atoms. The third-order valence-electron chi connectivity index (χ3n) is 4.60. The predicted octanol–water partition coefficient (Wildman–Crippen LogP) is 6.02. The van der Waals surface area contributed by atoms with Crippen LogP contribution in [0.25, 0.3) is 44.5 Å². The van der Waals surface area contributed by atoms with Crippen LogP contribution in [0, 0.1) is 6.92 Å². The lowest BCUT2D eigenvalue weighted by atomic mass is 10.0. The van der Waals surface area contributed by atoms with Gasteiger partial charge in [-0.1, -0.05) is 66.7 Å². The first-order valence-electron chi connectivity index (χ1n) is 8.61. The molecule has 0 spiro atoms. The number of aryl methyl sites for hydroxylation is 1. The van der Waals surface area contributed by atoms with Gasteiger partial charge in [0.2, 0.25) is 0 Å². The average Bonchev–Trinajstić information content (AvgIpc) is 3.07. The van der Waals surface area contributed by atoms with Crippen LogP contribution in [0.1, 0.15) is 5.82 Å². The van der Waals surface area contributed by atoms with Gasteiger partial charge in [0.25, 0.3) is 0 Å². The molecule has 124 valence electrons. The highest BCUT2D eigenvalue weighted by molar-refractivity contribution is 6.06. The summed E-state index contributed by atoms with van der Waals surface area (Å²) >= 11 is 0. The fourth-order valence-electron chi connectivity index (χ4n) is 3.35. The van der Waals surface area contributed by atoms with E-state index in [1.54, 1.807) is 0 Å². The number of nitrogens with zero attached hydrogens (tertiary/aromatic N) is 2. The summed E-state index contributed by atoms with van der Waals surface area (Å²) in [6, 6.07) is 26.8. The first-order valence-corrected chi connectivity index (χ1v) is 8.61. The Labute approximate surface area is 151 Å². The minimum atomic E-state index is 0.740. The molecule has 0 radical (unpaired) electrons. The van der Waals surface area contributed by atoms with Crippen molar-refractivity contribution >= 4 is 22.1 Å². The van der Waals surface area contributed by atoms with E-state index >= 15 is 0 Å². The molecule has 3 nitrogen and oxygen atoms in total. The standard InChI is InChI=1S/C23H16N2O/c1-15-24-21(23-22(25-15)19-9-5-6-10-20(19)26-23)18-13-11-17(12-14-18)16-7-3-2-4-8-16/h2-14H,1H3. The summed E-state index contributed by atoms with van der Waals surface area (Å²) in [6.07, 6.45) is 0. The van der Waals surface area contributed by atoms with Gasteiger partial charge in [-0.3, -0.25) is 0 Å². The molecule has 0 aliphatic rings. The van der Waals surface area contributed by atoms with Crippen molar-refractivity contribution in [3.8, 4) is 22.4 Å². The van der Waals surface area contributed by atoms with Gasteiger partial charge < -0.3 is 4.42 Å². The normalized spacial score (nSPS) is 11.3. The second kappa shape index (κ2) is 5.81. The molecule has 0 fully saturated rings. The number of aromatic nitrogens is 2. The van der Waals surface area contributed by atoms with Crippen LogP contribution in [-0.4, -0.2) is 9.97 Å².